The normalized spacial score (nSPS) is 14.3. The minimum absolute atomic E-state index is 0.166. The van der Waals surface area contributed by atoms with Crippen LogP contribution < -0.4 is 0 Å². The van der Waals surface area contributed by atoms with Crippen molar-refractivity contribution in [3.63, 3.8) is 0 Å². The lowest BCUT2D eigenvalue weighted by Crippen LogP contribution is -2.03. The Morgan fingerprint density at radius 1 is 1.21 bits per heavy atom. The first-order valence-corrected chi connectivity index (χ1v) is 4.30. The first kappa shape index (κ1) is 8.69. The molecular weight excluding hydrogens is 178 g/mol. The first-order valence-electron chi connectivity index (χ1n) is 4.30. The third-order valence-electron chi connectivity index (χ3n) is 1.86. The zero-order chi connectivity index (χ0) is 9.80. The van der Waals surface area contributed by atoms with Gasteiger partial charge >= 0.3 is 0 Å². The smallest absolute Gasteiger partial charge is 0.240 e. The highest BCUT2D eigenvalue weighted by atomic mass is 16.5. The van der Waals surface area contributed by atoms with Crippen LogP contribution in [0.5, 0.6) is 0 Å². The Balaban J connectivity index is 1.93. The highest BCUT2D eigenvalue weighted by Crippen LogP contribution is 2.09. The summed E-state index contributed by atoms with van der Waals surface area (Å²) in [5.41, 5.74) is 1.04. The van der Waals surface area contributed by atoms with Crippen molar-refractivity contribution in [3.8, 4) is 0 Å². The molecule has 3 nitrogen and oxygen atoms in total. The van der Waals surface area contributed by atoms with Gasteiger partial charge in [0.1, 0.15) is 6.61 Å². The Morgan fingerprint density at radius 2 is 2.00 bits per heavy atom. The maximum atomic E-state index is 11.1. The van der Waals surface area contributed by atoms with Crippen molar-refractivity contribution in [3.05, 3.63) is 47.9 Å². The average Bonchev–Trinajstić information content (AvgIpc) is 2.63. The average molecular weight is 187 g/mol. The zero-order valence-electron chi connectivity index (χ0n) is 7.51. The molecule has 0 saturated carbocycles. The summed E-state index contributed by atoms with van der Waals surface area (Å²) in [6, 6.07) is 9.69. The van der Waals surface area contributed by atoms with E-state index < -0.39 is 0 Å². The van der Waals surface area contributed by atoms with Crippen molar-refractivity contribution in [2.45, 2.75) is 6.61 Å². The van der Waals surface area contributed by atoms with Crippen LogP contribution in [0.1, 0.15) is 5.56 Å². The van der Waals surface area contributed by atoms with Gasteiger partial charge in [0, 0.05) is 0 Å². The van der Waals surface area contributed by atoms with Crippen LogP contribution in [0.2, 0.25) is 0 Å². The number of hydrogen-bond donors (Lipinski definition) is 0. The molecule has 14 heavy (non-hydrogen) atoms. The second-order valence-electron chi connectivity index (χ2n) is 2.91. The number of aliphatic imine (C=N–C) groups is 1. The monoisotopic (exact) mass is 187 g/mol. The van der Waals surface area contributed by atoms with E-state index in [9.17, 15) is 4.79 Å². The molecule has 1 aliphatic heterocycles. The summed E-state index contributed by atoms with van der Waals surface area (Å²) in [6.07, 6.45) is 2.69. The standard InChI is InChI=1S/C11H9NO2/c13-10-6-12-7-11(10)14-8-9-4-2-1-3-5-9/h1-7H,8H2. The Kier molecular flexibility index (Phi) is 2.40. The lowest BCUT2D eigenvalue weighted by atomic mass is 10.2. The van der Waals surface area contributed by atoms with E-state index in [2.05, 4.69) is 4.99 Å². The van der Waals surface area contributed by atoms with Gasteiger partial charge in [-0.15, -0.1) is 0 Å². The van der Waals surface area contributed by atoms with Gasteiger partial charge in [0.2, 0.25) is 5.78 Å². The van der Waals surface area contributed by atoms with Gasteiger partial charge in [-0.05, 0) is 5.56 Å². The van der Waals surface area contributed by atoms with Crippen molar-refractivity contribution < 1.29 is 9.53 Å². The molecule has 0 saturated heterocycles. The zero-order valence-corrected chi connectivity index (χ0v) is 7.51. The molecule has 0 radical (unpaired) electrons. The summed E-state index contributed by atoms with van der Waals surface area (Å²) in [7, 11) is 0. The van der Waals surface area contributed by atoms with E-state index in [1.165, 1.54) is 12.4 Å². The minimum Gasteiger partial charge on any atom is -0.483 e. The number of carbonyl (C=O) groups is 1. The van der Waals surface area contributed by atoms with E-state index in [-0.39, 0.29) is 5.78 Å². The number of ether oxygens (including phenoxy) is 1. The summed E-state index contributed by atoms with van der Waals surface area (Å²) in [6.45, 7) is 0.405. The second kappa shape index (κ2) is 3.87. The van der Waals surface area contributed by atoms with Gasteiger partial charge in [0.15, 0.2) is 5.76 Å². The molecule has 70 valence electrons. The van der Waals surface area contributed by atoms with E-state index in [1.807, 2.05) is 30.3 Å². The lowest BCUT2D eigenvalue weighted by Gasteiger charge is -2.04. The van der Waals surface area contributed by atoms with E-state index in [1.54, 1.807) is 0 Å². The molecule has 1 heterocycles. The number of hydrogen-bond acceptors (Lipinski definition) is 3. The molecule has 0 fully saturated rings. The molecule has 3 heteroatoms. The molecule has 1 aromatic carbocycles. The topological polar surface area (TPSA) is 38.7 Å². The fraction of sp³-hybridized carbons (Fsp3) is 0.0909. The van der Waals surface area contributed by atoms with Crippen molar-refractivity contribution in [1.29, 1.82) is 0 Å². The molecule has 0 amide bonds. The Morgan fingerprint density at radius 3 is 2.64 bits per heavy atom. The van der Waals surface area contributed by atoms with Gasteiger partial charge in [-0.1, -0.05) is 30.3 Å². The molecule has 0 atom stereocenters. The first-order chi connectivity index (χ1) is 6.86. The summed E-state index contributed by atoms with van der Waals surface area (Å²) >= 11 is 0. The van der Waals surface area contributed by atoms with E-state index in [0.29, 0.717) is 12.4 Å². The van der Waals surface area contributed by atoms with Crippen molar-refractivity contribution in [2.75, 3.05) is 0 Å². The number of ketones is 1. The molecule has 0 aliphatic carbocycles. The third-order valence-corrected chi connectivity index (χ3v) is 1.86. The lowest BCUT2D eigenvalue weighted by molar-refractivity contribution is -0.112. The van der Waals surface area contributed by atoms with Gasteiger partial charge in [-0.25, -0.2) is 0 Å². The fourth-order valence-corrected chi connectivity index (χ4v) is 1.14. The van der Waals surface area contributed by atoms with Crippen LogP contribution in [0, 0.1) is 0 Å². The highest BCUT2D eigenvalue weighted by molar-refractivity contribution is 6.36. The maximum absolute atomic E-state index is 11.1. The van der Waals surface area contributed by atoms with Crippen molar-refractivity contribution in [2.24, 2.45) is 4.99 Å². The summed E-state index contributed by atoms with van der Waals surface area (Å²) in [5.74, 6) is 0.148. The molecule has 0 unspecified atom stereocenters. The van der Waals surface area contributed by atoms with Crippen molar-refractivity contribution >= 4 is 12.0 Å². The van der Waals surface area contributed by atoms with Crippen molar-refractivity contribution in [1.82, 2.24) is 0 Å². The number of allylic oxidation sites excluding steroid dienone is 1. The SMILES string of the molecule is O=C1C=NC=C1OCc1ccccc1. The largest absolute Gasteiger partial charge is 0.483 e. The summed E-state index contributed by atoms with van der Waals surface area (Å²) < 4.78 is 5.29. The molecule has 0 bridgehead atoms. The van der Waals surface area contributed by atoms with Crippen LogP contribution in [0.3, 0.4) is 0 Å². The summed E-state index contributed by atoms with van der Waals surface area (Å²) in [5, 5.41) is 0. The van der Waals surface area contributed by atoms with Gasteiger partial charge < -0.3 is 4.74 Å². The van der Waals surface area contributed by atoms with Crippen LogP contribution in [-0.2, 0) is 16.1 Å². The fourth-order valence-electron chi connectivity index (χ4n) is 1.14. The number of Topliss-reactive ketones (excluding diaryl/α,β-unsaturated/α-hetero) is 1. The maximum Gasteiger partial charge on any atom is 0.240 e. The minimum atomic E-state index is -0.166. The number of nitrogens with zero attached hydrogens (tertiary/aromatic N) is 1. The number of carbonyl (C=O) groups excluding carboxylic acids is 1. The van der Waals surface area contributed by atoms with E-state index in [4.69, 9.17) is 4.74 Å². The molecule has 0 N–H and O–H groups in total. The molecular formula is C11H9NO2. The predicted molar refractivity (Wildman–Crippen MR) is 52.8 cm³/mol. The molecule has 2 rings (SSSR count). The Bertz CT molecular complexity index is 393. The van der Waals surface area contributed by atoms with Crippen LogP contribution in [0.25, 0.3) is 0 Å². The van der Waals surface area contributed by atoms with Gasteiger partial charge in [0.25, 0.3) is 0 Å². The van der Waals surface area contributed by atoms with Crippen LogP contribution in [-0.4, -0.2) is 12.0 Å². The van der Waals surface area contributed by atoms with E-state index >= 15 is 0 Å². The second-order valence-corrected chi connectivity index (χ2v) is 2.91. The molecule has 0 spiro atoms. The van der Waals surface area contributed by atoms with Crippen LogP contribution >= 0.6 is 0 Å². The van der Waals surface area contributed by atoms with Crippen LogP contribution in [0.15, 0.2) is 47.3 Å². The number of rotatable bonds is 3. The van der Waals surface area contributed by atoms with E-state index in [0.717, 1.165) is 5.56 Å². The molecule has 1 aromatic rings. The highest BCUT2D eigenvalue weighted by Gasteiger charge is 2.12. The quantitative estimate of drug-likeness (QED) is 0.722. The number of benzene rings is 1. The van der Waals surface area contributed by atoms with Gasteiger partial charge in [-0.2, -0.15) is 0 Å². The molecule has 0 aromatic heterocycles. The van der Waals surface area contributed by atoms with Gasteiger partial charge in [0.05, 0.1) is 12.4 Å². The molecule has 1 aliphatic rings. The van der Waals surface area contributed by atoms with Gasteiger partial charge in [-0.3, -0.25) is 9.79 Å². The summed E-state index contributed by atoms with van der Waals surface area (Å²) in [4.78, 5) is 14.7. The van der Waals surface area contributed by atoms with Crippen LogP contribution in [0.4, 0.5) is 0 Å². The Hall–Kier alpha value is -1.90. The predicted octanol–water partition coefficient (Wildman–Crippen LogP) is 1.70. The third kappa shape index (κ3) is 1.88. The Labute approximate surface area is 81.7 Å².